The van der Waals surface area contributed by atoms with E-state index in [-0.39, 0.29) is 51.6 Å². The van der Waals surface area contributed by atoms with Gasteiger partial charge in [0.05, 0.1) is 5.92 Å². The molecule has 0 aromatic heterocycles. The number of nitrogens with one attached hydrogen (secondary N) is 1. The van der Waals surface area contributed by atoms with Crippen LogP contribution in [0.2, 0.25) is 0 Å². The Kier molecular flexibility index (Phi) is 9.89. The second kappa shape index (κ2) is 10.2. The zero-order chi connectivity index (χ0) is 15.9. The first kappa shape index (κ1) is 19.4. The molecule has 0 aliphatic rings. The number of aliphatic hydroxyl groups is 1. The van der Waals surface area contributed by atoms with E-state index in [0.717, 1.165) is 0 Å². The molecule has 0 spiro atoms. The first-order valence-electron chi connectivity index (χ1n) is 6.57. The van der Waals surface area contributed by atoms with Crippen LogP contribution < -0.4 is 5.32 Å². The summed E-state index contributed by atoms with van der Waals surface area (Å²) in [6.07, 6.45) is 1.12. The molecule has 0 aliphatic carbocycles. The van der Waals surface area contributed by atoms with Gasteiger partial charge in [-0.25, -0.2) is 4.79 Å². The molecule has 0 bridgehead atoms. The van der Waals surface area contributed by atoms with Gasteiger partial charge in [0.15, 0.2) is 5.60 Å². The van der Waals surface area contributed by atoms with Crippen LogP contribution in [0.4, 0.5) is 0 Å². The molecule has 0 rings (SSSR count). The smallest absolute Gasteiger partial charge is 0.336 e. The van der Waals surface area contributed by atoms with Crippen molar-refractivity contribution in [2.75, 3.05) is 0 Å². The van der Waals surface area contributed by atoms with Crippen molar-refractivity contribution in [1.82, 2.24) is 5.32 Å². The quantitative estimate of drug-likeness (QED) is 0.431. The Morgan fingerprint density at radius 1 is 1.45 bits per heavy atom. The Bertz CT molecular complexity index is 413. The summed E-state index contributed by atoms with van der Waals surface area (Å²) in [7, 11) is 0. The van der Waals surface area contributed by atoms with Crippen molar-refractivity contribution in [1.29, 1.82) is 0 Å². The minimum absolute atomic E-state index is 0. The maximum Gasteiger partial charge on any atom is 0.336 e. The standard InChI is InChI=1S/C13H21NO5.Y/c1-4-13(19,12(17)18)10(7-5-6-8-15)11(16)14-9(2)3;/h5,7-10,19H,4,6H2,1-3H3,(H,14,16)(H,17,18);/b7-5+;/t10-,13+;/m1./s1/i8D;. The van der Waals surface area contributed by atoms with Gasteiger partial charge in [-0.05, 0) is 20.3 Å². The van der Waals surface area contributed by atoms with Gasteiger partial charge >= 0.3 is 5.97 Å². The molecule has 0 aliphatic heterocycles. The number of hydrogen-bond donors (Lipinski definition) is 3. The summed E-state index contributed by atoms with van der Waals surface area (Å²) < 4.78 is 6.76. The molecule has 0 aromatic carbocycles. The van der Waals surface area contributed by atoms with Crippen LogP contribution in [0.5, 0.6) is 0 Å². The van der Waals surface area contributed by atoms with Gasteiger partial charge in [-0.1, -0.05) is 19.1 Å². The van der Waals surface area contributed by atoms with Gasteiger partial charge in [0.1, 0.15) is 7.63 Å². The first-order valence-corrected chi connectivity index (χ1v) is 6.07. The number of carbonyl (C=O) groups is 3. The number of carboxylic acids is 1. The van der Waals surface area contributed by atoms with Crippen LogP contribution in [0.1, 0.15) is 35.0 Å². The van der Waals surface area contributed by atoms with E-state index in [1.54, 1.807) is 13.8 Å². The molecular weight excluding hydrogens is 339 g/mol. The van der Waals surface area contributed by atoms with E-state index in [9.17, 15) is 19.5 Å². The molecule has 1 amide bonds. The number of aliphatic carboxylic acids is 1. The molecule has 0 saturated heterocycles. The number of rotatable bonds is 8. The number of aldehydes is 1. The van der Waals surface area contributed by atoms with E-state index in [0.29, 0.717) is 0 Å². The summed E-state index contributed by atoms with van der Waals surface area (Å²) >= 11 is 0. The molecule has 0 heterocycles. The Morgan fingerprint density at radius 2 is 2.00 bits per heavy atom. The van der Waals surface area contributed by atoms with Crippen molar-refractivity contribution < 1.29 is 58.7 Å². The van der Waals surface area contributed by atoms with Crippen LogP contribution in [0, 0.1) is 5.92 Å². The molecule has 111 valence electrons. The van der Waals surface area contributed by atoms with E-state index >= 15 is 0 Å². The molecule has 2 atom stereocenters. The van der Waals surface area contributed by atoms with Crippen LogP contribution in [0.3, 0.4) is 0 Å². The fraction of sp³-hybridized carbons (Fsp3) is 0.615. The minimum atomic E-state index is -2.25. The van der Waals surface area contributed by atoms with E-state index in [2.05, 4.69) is 5.32 Å². The fourth-order valence-electron chi connectivity index (χ4n) is 1.59. The largest absolute Gasteiger partial charge is 0.479 e. The summed E-state index contributed by atoms with van der Waals surface area (Å²) in [5.74, 6) is -3.47. The van der Waals surface area contributed by atoms with Gasteiger partial charge in [-0.2, -0.15) is 0 Å². The Morgan fingerprint density at radius 3 is 2.35 bits per heavy atom. The molecule has 7 heteroatoms. The zero-order valence-electron chi connectivity index (χ0n) is 12.9. The molecule has 0 aromatic rings. The summed E-state index contributed by atoms with van der Waals surface area (Å²) in [5.41, 5.74) is -2.25. The molecule has 20 heavy (non-hydrogen) atoms. The molecule has 1 radical (unpaired) electrons. The molecule has 3 N–H and O–H groups in total. The van der Waals surface area contributed by atoms with Gasteiger partial charge in [-0.3, -0.25) is 4.79 Å². The van der Waals surface area contributed by atoms with Crippen molar-refractivity contribution in [3.05, 3.63) is 12.2 Å². The summed E-state index contributed by atoms with van der Waals surface area (Å²) in [6.45, 7) is 4.86. The average Bonchev–Trinajstić information content (AvgIpc) is 2.32. The van der Waals surface area contributed by atoms with Gasteiger partial charge in [0.25, 0.3) is 0 Å². The topological polar surface area (TPSA) is 104 Å². The third kappa shape index (κ3) is 6.24. The van der Waals surface area contributed by atoms with Crippen molar-refractivity contribution >= 4 is 18.1 Å². The SMILES string of the molecule is [2H]C(=O)C/C=C/[C@H](C(=O)NC(C)C)[C@@](O)(CC)C(=O)O.[Y]. The molecular formula is C13H21NO5Y. The first-order chi connectivity index (χ1) is 9.15. The number of carboxylic acid groups (broad SMARTS) is 1. The van der Waals surface area contributed by atoms with Gasteiger partial charge in [-0.15, -0.1) is 0 Å². The molecule has 0 saturated carbocycles. The van der Waals surface area contributed by atoms with E-state index in [4.69, 9.17) is 6.48 Å². The van der Waals surface area contributed by atoms with Crippen molar-refractivity contribution in [3.8, 4) is 0 Å². The van der Waals surface area contributed by atoms with Crippen LogP contribution in [-0.2, 0) is 47.1 Å². The minimum Gasteiger partial charge on any atom is -0.479 e. The third-order valence-corrected chi connectivity index (χ3v) is 2.67. The molecule has 0 unspecified atom stereocenters. The van der Waals surface area contributed by atoms with Crippen molar-refractivity contribution in [2.24, 2.45) is 5.92 Å². The van der Waals surface area contributed by atoms with Crippen molar-refractivity contribution in [3.63, 3.8) is 0 Å². The van der Waals surface area contributed by atoms with E-state index in [1.165, 1.54) is 19.1 Å². The summed E-state index contributed by atoms with van der Waals surface area (Å²) in [6, 6.07) is -0.217. The second-order valence-corrected chi connectivity index (χ2v) is 4.50. The van der Waals surface area contributed by atoms with Gasteiger partial charge in [0.2, 0.25) is 5.91 Å². The number of allylic oxidation sites excluding steroid dienone is 1. The van der Waals surface area contributed by atoms with Crippen molar-refractivity contribution in [2.45, 2.75) is 45.3 Å². The zero-order valence-corrected chi connectivity index (χ0v) is 14.8. The normalized spacial score (nSPS) is 15.9. The van der Waals surface area contributed by atoms with Crippen LogP contribution in [-0.4, -0.2) is 40.0 Å². The van der Waals surface area contributed by atoms with E-state index in [1.807, 2.05) is 0 Å². The maximum atomic E-state index is 12.0. The van der Waals surface area contributed by atoms with Gasteiger partial charge < -0.3 is 20.3 Å². The third-order valence-electron chi connectivity index (χ3n) is 2.67. The van der Waals surface area contributed by atoms with Crippen LogP contribution in [0.25, 0.3) is 0 Å². The van der Waals surface area contributed by atoms with E-state index < -0.39 is 29.7 Å². The number of carbonyl (C=O) groups excluding carboxylic acids is 2. The molecule has 6 nitrogen and oxygen atoms in total. The Labute approximate surface area is 145 Å². The predicted molar refractivity (Wildman–Crippen MR) is 69.5 cm³/mol. The maximum absolute atomic E-state index is 12.0. The second-order valence-electron chi connectivity index (χ2n) is 4.50. The predicted octanol–water partition coefficient (Wildman–Crippen LogP) is 0.496. The Hall–Kier alpha value is -0.586. The fourth-order valence-corrected chi connectivity index (χ4v) is 1.59. The number of hydrogen-bond acceptors (Lipinski definition) is 4. The number of amides is 1. The average molecular weight is 361 g/mol. The van der Waals surface area contributed by atoms with Gasteiger partial charge in [0, 0.05) is 45.2 Å². The monoisotopic (exact) mass is 361 g/mol. The van der Waals surface area contributed by atoms with Crippen LogP contribution in [0.15, 0.2) is 12.2 Å². The Balaban J connectivity index is 0. The molecule has 0 fully saturated rings. The summed E-state index contributed by atoms with van der Waals surface area (Å²) in [4.78, 5) is 33.8. The van der Waals surface area contributed by atoms with Crippen LogP contribution >= 0.6 is 0 Å². The summed E-state index contributed by atoms with van der Waals surface area (Å²) in [5, 5.41) is 21.8.